The zero-order valence-corrected chi connectivity index (χ0v) is 9.22. The third-order valence-corrected chi connectivity index (χ3v) is 2.27. The average Bonchev–Trinajstić information content (AvgIpc) is 2.26. The molecule has 0 saturated heterocycles. The van der Waals surface area contributed by atoms with E-state index >= 15 is 0 Å². The third kappa shape index (κ3) is 3.81. The van der Waals surface area contributed by atoms with Gasteiger partial charge in [-0.25, -0.2) is 0 Å². The molecule has 0 amide bonds. The number of carbonyl (C=O) groups is 1. The summed E-state index contributed by atoms with van der Waals surface area (Å²) < 4.78 is 5.35. The fraction of sp³-hybridized carbons (Fsp3) is 0.417. The highest BCUT2D eigenvalue weighted by Crippen LogP contribution is 2.17. The van der Waals surface area contributed by atoms with Crippen LogP contribution >= 0.6 is 0 Å². The van der Waals surface area contributed by atoms with Gasteiger partial charge in [0, 0.05) is 0 Å². The lowest BCUT2D eigenvalue weighted by Crippen LogP contribution is -2.21. The van der Waals surface area contributed by atoms with Crippen LogP contribution in [0.15, 0.2) is 24.3 Å². The van der Waals surface area contributed by atoms with Gasteiger partial charge in [0.25, 0.3) is 0 Å². The lowest BCUT2D eigenvalue weighted by atomic mass is 10.1. The average molecular weight is 224 g/mol. The van der Waals surface area contributed by atoms with E-state index in [9.17, 15) is 4.79 Å². The predicted octanol–water partition coefficient (Wildman–Crippen LogP) is 2.27. The minimum absolute atomic E-state index is 0.161. The minimum Gasteiger partial charge on any atom is -0.508 e. The summed E-state index contributed by atoms with van der Waals surface area (Å²) in [6.07, 6.45) is 1.42. The van der Waals surface area contributed by atoms with Crippen LogP contribution in [0.5, 0.6) is 11.5 Å². The van der Waals surface area contributed by atoms with Crippen molar-refractivity contribution in [3.8, 4) is 11.5 Å². The van der Waals surface area contributed by atoms with Crippen LogP contribution in [0, 0.1) is 5.92 Å². The highest BCUT2D eigenvalue weighted by atomic mass is 16.5. The van der Waals surface area contributed by atoms with Crippen molar-refractivity contribution in [2.75, 3.05) is 6.61 Å². The Bertz CT molecular complexity index is 331. The third-order valence-electron chi connectivity index (χ3n) is 2.27. The Hall–Kier alpha value is -1.71. The summed E-state index contributed by atoms with van der Waals surface area (Å²) in [7, 11) is 0. The van der Waals surface area contributed by atoms with Gasteiger partial charge in [0.2, 0.25) is 0 Å². The molecular weight excluding hydrogens is 208 g/mol. The second kappa shape index (κ2) is 6.00. The number of aliphatic carboxylic acids is 1. The molecule has 0 aromatic heterocycles. The van der Waals surface area contributed by atoms with E-state index in [0.717, 1.165) is 6.42 Å². The summed E-state index contributed by atoms with van der Waals surface area (Å²) in [4.78, 5) is 10.8. The van der Waals surface area contributed by atoms with Crippen LogP contribution in [-0.2, 0) is 4.79 Å². The molecule has 0 saturated carbocycles. The van der Waals surface area contributed by atoms with Gasteiger partial charge in [0.05, 0.1) is 5.92 Å². The molecule has 1 aromatic rings. The number of phenols is 1. The van der Waals surface area contributed by atoms with E-state index in [1.54, 1.807) is 12.1 Å². The van der Waals surface area contributed by atoms with Crippen LogP contribution in [0.1, 0.15) is 19.8 Å². The summed E-state index contributed by atoms with van der Waals surface area (Å²) in [5.41, 5.74) is 0. The summed E-state index contributed by atoms with van der Waals surface area (Å²) in [6.45, 7) is 2.10. The first kappa shape index (κ1) is 12.4. The topological polar surface area (TPSA) is 66.8 Å². The summed E-state index contributed by atoms with van der Waals surface area (Å²) in [5.74, 6) is -0.574. The summed E-state index contributed by atoms with van der Waals surface area (Å²) in [6, 6.07) is 6.23. The van der Waals surface area contributed by atoms with Crippen molar-refractivity contribution in [2.24, 2.45) is 5.92 Å². The Kier molecular flexibility index (Phi) is 4.64. The van der Waals surface area contributed by atoms with Gasteiger partial charge < -0.3 is 14.9 Å². The predicted molar refractivity (Wildman–Crippen MR) is 59.6 cm³/mol. The second-order valence-electron chi connectivity index (χ2n) is 3.63. The summed E-state index contributed by atoms with van der Waals surface area (Å²) >= 11 is 0. The molecule has 4 heteroatoms. The van der Waals surface area contributed by atoms with Gasteiger partial charge in [-0.1, -0.05) is 13.3 Å². The monoisotopic (exact) mass is 224 g/mol. The Morgan fingerprint density at radius 2 is 2.00 bits per heavy atom. The molecule has 1 atom stereocenters. The molecule has 1 rings (SSSR count). The Morgan fingerprint density at radius 3 is 2.50 bits per heavy atom. The van der Waals surface area contributed by atoms with Gasteiger partial charge in [-0.05, 0) is 30.7 Å². The van der Waals surface area contributed by atoms with Crippen molar-refractivity contribution in [2.45, 2.75) is 19.8 Å². The fourth-order valence-electron chi connectivity index (χ4n) is 1.37. The maximum absolute atomic E-state index is 10.8. The molecule has 0 aliphatic carbocycles. The minimum atomic E-state index is -0.833. The van der Waals surface area contributed by atoms with Crippen molar-refractivity contribution in [1.82, 2.24) is 0 Å². The molecule has 1 aromatic carbocycles. The first-order valence-corrected chi connectivity index (χ1v) is 5.28. The van der Waals surface area contributed by atoms with Crippen LogP contribution < -0.4 is 4.74 Å². The molecule has 1 unspecified atom stereocenters. The zero-order chi connectivity index (χ0) is 12.0. The molecule has 0 spiro atoms. The van der Waals surface area contributed by atoms with Crippen molar-refractivity contribution in [1.29, 1.82) is 0 Å². The molecule has 4 nitrogen and oxygen atoms in total. The molecule has 0 bridgehead atoms. The maximum atomic E-state index is 10.8. The van der Waals surface area contributed by atoms with E-state index in [1.807, 2.05) is 6.92 Å². The van der Waals surface area contributed by atoms with Gasteiger partial charge >= 0.3 is 5.97 Å². The number of aromatic hydroxyl groups is 1. The maximum Gasteiger partial charge on any atom is 0.309 e. The van der Waals surface area contributed by atoms with Crippen LogP contribution in [0.2, 0.25) is 0 Å². The molecular formula is C12H16O4. The smallest absolute Gasteiger partial charge is 0.309 e. The van der Waals surface area contributed by atoms with E-state index in [-0.39, 0.29) is 12.4 Å². The molecule has 16 heavy (non-hydrogen) atoms. The van der Waals surface area contributed by atoms with Gasteiger partial charge in [-0.3, -0.25) is 4.79 Å². The standard InChI is InChI=1S/C12H16O4/c1-2-3-9(12(14)15)8-16-11-6-4-10(13)5-7-11/h4-7,9,13H,2-3,8H2,1H3,(H,14,15). The fourth-order valence-corrected chi connectivity index (χ4v) is 1.37. The number of carboxylic acids is 1. The molecule has 88 valence electrons. The quantitative estimate of drug-likeness (QED) is 0.777. The number of hydrogen-bond acceptors (Lipinski definition) is 3. The van der Waals surface area contributed by atoms with Crippen LogP contribution in [0.3, 0.4) is 0 Å². The SMILES string of the molecule is CCCC(COc1ccc(O)cc1)C(=O)O. The number of rotatable bonds is 6. The number of hydrogen-bond donors (Lipinski definition) is 2. The number of carboxylic acid groups (broad SMARTS) is 1. The first-order valence-electron chi connectivity index (χ1n) is 5.28. The number of benzene rings is 1. The van der Waals surface area contributed by atoms with E-state index in [4.69, 9.17) is 14.9 Å². The Labute approximate surface area is 94.5 Å². The largest absolute Gasteiger partial charge is 0.508 e. The molecule has 2 N–H and O–H groups in total. The van der Waals surface area contributed by atoms with Gasteiger partial charge in [-0.15, -0.1) is 0 Å². The first-order chi connectivity index (χ1) is 7.63. The Morgan fingerprint density at radius 1 is 1.38 bits per heavy atom. The normalized spacial score (nSPS) is 12.1. The van der Waals surface area contributed by atoms with E-state index in [1.165, 1.54) is 12.1 Å². The van der Waals surface area contributed by atoms with Crippen LogP contribution in [-0.4, -0.2) is 22.8 Å². The van der Waals surface area contributed by atoms with E-state index < -0.39 is 11.9 Å². The Balaban J connectivity index is 2.48. The van der Waals surface area contributed by atoms with Gasteiger partial charge in [0.1, 0.15) is 18.1 Å². The molecule has 0 fully saturated rings. The highest BCUT2D eigenvalue weighted by Gasteiger charge is 2.16. The molecule has 0 aliphatic heterocycles. The van der Waals surface area contributed by atoms with Crippen LogP contribution in [0.4, 0.5) is 0 Å². The second-order valence-corrected chi connectivity index (χ2v) is 3.63. The van der Waals surface area contributed by atoms with Crippen molar-refractivity contribution < 1.29 is 19.7 Å². The van der Waals surface area contributed by atoms with Crippen molar-refractivity contribution >= 4 is 5.97 Å². The number of ether oxygens (including phenoxy) is 1. The van der Waals surface area contributed by atoms with Crippen molar-refractivity contribution in [3.63, 3.8) is 0 Å². The van der Waals surface area contributed by atoms with E-state index in [0.29, 0.717) is 12.2 Å². The van der Waals surface area contributed by atoms with Crippen molar-refractivity contribution in [3.05, 3.63) is 24.3 Å². The highest BCUT2D eigenvalue weighted by molar-refractivity contribution is 5.70. The lowest BCUT2D eigenvalue weighted by Gasteiger charge is -2.12. The number of phenolic OH excluding ortho intramolecular Hbond substituents is 1. The van der Waals surface area contributed by atoms with Gasteiger partial charge in [-0.2, -0.15) is 0 Å². The van der Waals surface area contributed by atoms with E-state index in [2.05, 4.69) is 0 Å². The molecule has 0 aliphatic rings. The molecule has 0 heterocycles. The lowest BCUT2D eigenvalue weighted by molar-refractivity contribution is -0.143. The van der Waals surface area contributed by atoms with Gasteiger partial charge in [0.15, 0.2) is 0 Å². The zero-order valence-electron chi connectivity index (χ0n) is 9.22. The van der Waals surface area contributed by atoms with Crippen LogP contribution in [0.25, 0.3) is 0 Å². The summed E-state index contributed by atoms with van der Waals surface area (Å²) in [5, 5.41) is 18.0. The molecule has 0 radical (unpaired) electrons.